The molecule has 2 heteroatoms. The highest BCUT2D eigenvalue weighted by molar-refractivity contribution is 5.86. The molecule has 1 fully saturated rings. The molecule has 1 heterocycles. The molecular weight excluding hydrogens is 232 g/mol. The SMILES string of the molecule is CC(C)c1cccc2c(C(N)C3CCCC3)c[nH]c12. The van der Waals surface area contributed by atoms with E-state index in [2.05, 4.69) is 43.2 Å². The van der Waals surface area contributed by atoms with E-state index in [1.807, 2.05) is 0 Å². The van der Waals surface area contributed by atoms with Crippen molar-refractivity contribution >= 4 is 10.9 Å². The molecule has 1 aliphatic carbocycles. The van der Waals surface area contributed by atoms with Crippen LogP contribution in [0.3, 0.4) is 0 Å². The zero-order chi connectivity index (χ0) is 13.4. The van der Waals surface area contributed by atoms with Gasteiger partial charge in [-0.3, -0.25) is 0 Å². The Morgan fingerprint density at radius 1 is 1.16 bits per heavy atom. The van der Waals surface area contributed by atoms with Gasteiger partial charge in [0.25, 0.3) is 0 Å². The number of aromatic amines is 1. The summed E-state index contributed by atoms with van der Waals surface area (Å²) >= 11 is 0. The molecule has 0 aliphatic heterocycles. The quantitative estimate of drug-likeness (QED) is 0.835. The summed E-state index contributed by atoms with van der Waals surface area (Å²) in [5, 5.41) is 1.32. The van der Waals surface area contributed by atoms with Crippen LogP contribution in [0.1, 0.15) is 62.6 Å². The average molecular weight is 256 g/mol. The number of para-hydroxylation sites is 1. The molecule has 1 aliphatic rings. The molecule has 0 radical (unpaired) electrons. The van der Waals surface area contributed by atoms with Crippen LogP contribution in [0, 0.1) is 5.92 Å². The van der Waals surface area contributed by atoms with Crippen LogP contribution in [-0.2, 0) is 0 Å². The van der Waals surface area contributed by atoms with E-state index >= 15 is 0 Å². The van der Waals surface area contributed by atoms with Gasteiger partial charge in [0.1, 0.15) is 0 Å². The molecule has 0 saturated heterocycles. The summed E-state index contributed by atoms with van der Waals surface area (Å²) < 4.78 is 0. The molecule has 1 saturated carbocycles. The second kappa shape index (κ2) is 5.01. The summed E-state index contributed by atoms with van der Waals surface area (Å²) in [6.45, 7) is 4.48. The first-order valence-electron chi connectivity index (χ1n) is 7.54. The second-order valence-electron chi connectivity index (χ2n) is 6.24. The minimum atomic E-state index is 0.193. The smallest absolute Gasteiger partial charge is 0.0492 e. The zero-order valence-corrected chi connectivity index (χ0v) is 11.9. The van der Waals surface area contributed by atoms with Crippen LogP contribution in [0.4, 0.5) is 0 Å². The molecule has 3 rings (SSSR count). The molecule has 1 aromatic heterocycles. The molecule has 1 atom stereocenters. The molecular formula is C17H24N2. The Morgan fingerprint density at radius 3 is 2.58 bits per heavy atom. The fraction of sp³-hybridized carbons (Fsp3) is 0.529. The van der Waals surface area contributed by atoms with E-state index < -0.39 is 0 Å². The monoisotopic (exact) mass is 256 g/mol. The van der Waals surface area contributed by atoms with Crippen LogP contribution in [0.5, 0.6) is 0 Å². The molecule has 2 aromatic rings. The fourth-order valence-corrected chi connectivity index (χ4v) is 3.53. The molecule has 19 heavy (non-hydrogen) atoms. The van der Waals surface area contributed by atoms with Crippen molar-refractivity contribution in [2.45, 2.75) is 51.5 Å². The number of H-pyrrole nitrogens is 1. The van der Waals surface area contributed by atoms with Crippen molar-refractivity contribution in [2.24, 2.45) is 11.7 Å². The first-order chi connectivity index (χ1) is 9.18. The van der Waals surface area contributed by atoms with Crippen LogP contribution in [-0.4, -0.2) is 4.98 Å². The van der Waals surface area contributed by atoms with Gasteiger partial charge in [-0.15, -0.1) is 0 Å². The number of fused-ring (bicyclic) bond motifs is 1. The Bertz CT molecular complexity index is 562. The van der Waals surface area contributed by atoms with E-state index in [0.717, 1.165) is 0 Å². The van der Waals surface area contributed by atoms with Gasteiger partial charge in [-0.1, -0.05) is 44.9 Å². The maximum Gasteiger partial charge on any atom is 0.0492 e. The standard InChI is InChI=1S/C17H24N2/c1-11(2)13-8-5-9-14-15(10-19-17(13)14)16(18)12-6-3-4-7-12/h5,8-12,16,19H,3-4,6-7,18H2,1-2H3. The summed E-state index contributed by atoms with van der Waals surface area (Å²) in [6.07, 6.45) is 7.41. The summed E-state index contributed by atoms with van der Waals surface area (Å²) in [7, 11) is 0. The lowest BCUT2D eigenvalue weighted by molar-refractivity contribution is 0.447. The third-order valence-corrected chi connectivity index (χ3v) is 4.67. The van der Waals surface area contributed by atoms with Crippen molar-refractivity contribution in [2.75, 3.05) is 0 Å². The van der Waals surface area contributed by atoms with Gasteiger partial charge in [0.05, 0.1) is 0 Å². The third kappa shape index (κ3) is 2.18. The van der Waals surface area contributed by atoms with Crippen molar-refractivity contribution in [3.63, 3.8) is 0 Å². The number of hydrogen-bond donors (Lipinski definition) is 2. The van der Waals surface area contributed by atoms with Gasteiger partial charge in [-0.25, -0.2) is 0 Å². The minimum absolute atomic E-state index is 0.193. The maximum absolute atomic E-state index is 6.52. The number of hydrogen-bond acceptors (Lipinski definition) is 1. The van der Waals surface area contributed by atoms with Gasteiger partial charge in [-0.05, 0) is 35.8 Å². The first kappa shape index (κ1) is 12.7. The Hall–Kier alpha value is -1.28. The van der Waals surface area contributed by atoms with Crippen molar-refractivity contribution in [3.05, 3.63) is 35.5 Å². The van der Waals surface area contributed by atoms with E-state index in [4.69, 9.17) is 5.73 Å². The fourth-order valence-electron chi connectivity index (χ4n) is 3.53. The van der Waals surface area contributed by atoms with Gasteiger partial charge in [0.2, 0.25) is 0 Å². The molecule has 1 aromatic carbocycles. The van der Waals surface area contributed by atoms with Gasteiger partial charge in [0, 0.05) is 23.1 Å². The van der Waals surface area contributed by atoms with E-state index in [-0.39, 0.29) is 6.04 Å². The Balaban J connectivity index is 2.03. The molecule has 2 nitrogen and oxygen atoms in total. The molecule has 1 unspecified atom stereocenters. The number of nitrogens with one attached hydrogen (secondary N) is 1. The van der Waals surface area contributed by atoms with E-state index in [1.165, 1.54) is 47.7 Å². The lowest BCUT2D eigenvalue weighted by Crippen LogP contribution is -2.18. The van der Waals surface area contributed by atoms with Crippen LogP contribution >= 0.6 is 0 Å². The predicted octanol–water partition coefficient (Wildman–Crippen LogP) is 4.48. The van der Waals surface area contributed by atoms with Crippen molar-refractivity contribution in [1.29, 1.82) is 0 Å². The second-order valence-corrected chi connectivity index (χ2v) is 6.24. The van der Waals surface area contributed by atoms with Crippen molar-refractivity contribution in [1.82, 2.24) is 4.98 Å². The minimum Gasteiger partial charge on any atom is -0.361 e. The highest BCUT2D eigenvalue weighted by Gasteiger charge is 2.25. The summed E-state index contributed by atoms with van der Waals surface area (Å²) in [5.41, 5.74) is 10.5. The van der Waals surface area contributed by atoms with Crippen LogP contribution in [0.25, 0.3) is 10.9 Å². The lowest BCUT2D eigenvalue weighted by Gasteiger charge is -2.18. The zero-order valence-electron chi connectivity index (χ0n) is 11.9. The molecule has 0 bridgehead atoms. The lowest BCUT2D eigenvalue weighted by atomic mass is 9.91. The Labute approximate surface area is 115 Å². The number of aromatic nitrogens is 1. The summed E-state index contributed by atoms with van der Waals surface area (Å²) in [5.74, 6) is 1.21. The molecule has 3 N–H and O–H groups in total. The van der Waals surface area contributed by atoms with E-state index in [1.54, 1.807) is 0 Å². The number of rotatable bonds is 3. The van der Waals surface area contributed by atoms with Crippen LogP contribution in [0.2, 0.25) is 0 Å². The van der Waals surface area contributed by atoms with Crippen LogP contribution in [0.15, 0.2) is 24.4 Å². The van der Waals surface area contributed by atoms with Gasteiger partial charge < -0.3 is 10.7 Å². The molecule has 0 spiro atoms. The van der Waals surface area contributed by atoms with Crippen molar-refractivity contribution in [3.8, 4) is 0 Å². The summed E-state index contributed by atoms with van der Waals surface area (Å²) in [6, 6.07) is 6.78. The summed E-state index contributed by atoms with van der Waals surface area (Å²) in [4.78, 5) is 3.46. The number of benzene rings is 1. The number of nitrogens with two attached hydrogens (primary N) is 1. The highest BCUT2D eigenvalue weighted by atomic mass is 14.7. The molecule has 102 valence electrons. The Kier molecular flexibility index (Phi) is 3.36. The largest absolute Gasteiger partial charge is 0.361 e. The topological polar surface area (TPSA) is 41.8 Å². The van der Waals surface area contributed by atoms with Gasteiger partial charge in [-0.2, -0.15) is 0 Å². The highest BCUT2D eigenvalue weighted by Crippen LogP contribution is 2.37. The van der Waals surface area contributed by atoms with Crippen molar-refractivity contribution < 1.29 is 0 Å². The van der Waals surface area contributed by atoms with E-state index in [0.29, 0.717) is 11.8 Å². The van der Waals surface area contributed by atoms with E-state index in [9.17, 15) is 0 Å². The normalized spacial score (nSPS) is 18.5. The maximum atomic E-state index is 6.52. The van der Waals surface area contributed by atoms with Gasteiger partial charge >= 0.3 is 0 Å². The third-order valence-electron chi connectivity index (χ3n) is 4.67. The Morgan fingerprint density at radius 2 is 1.89 bits per heavy atom. The van der Waals surface area contributed by atoms with Crippen LogP contribution < -0.4 is 5.73 Å². The average Bonchev–Trinajstić information content (AvgIpc) is 3.06. The molecule has 0 amide bonds. The first-order valence-corrected chi connectivity index (χ1v) is 7.54. The van der Waals surface area contributed by atoms with Gasteiger partial charge in [0.15, 0.2) is 0 Å². The predicted molar refractivity (Wildman–Crippen MR) is 81.3 cm³/mol.